The van der Waals surface area contributed by atoms with Crippen molar-refractivity contribution >= 4 is 17.8 Å². The van der Waals surface area contributed by atoms with Crippen molar-refractivity contribution in [1.82, 2.24) is 30.5 Å². The predicted octanol–water partition coefficient (Wildman–Crippen LogP) is 3.36. The fourth-order valence-corrected chi connectivity index (χ4v) is 3.56. The molecular formula is C25H30F6N6O5. The summed E-state index contributed by atoms with van der Waals surface area (Å²) in [6.07, 6.45) is -2.75. The van der Waals surface area contributed by atoms with Crippen LogP contribution < -0.4 is 15.4 Å². The van der Waals surface area contributed by atoms with Crippen LogP contribution in [0.2, 0.25) is 0 Å². The lowest BCUT2D eigenvalue weighted by molar-refractivity contribution is -0.192. The van der Waals surface area contributed by atoms with Gasteiger partial charge >= 0.3 is 18.3 Å². The molecule has 17 heteroatoms. The summed E-state index contributed by atoms with van der Waals surface area (Å²) < 4.78 is 76.2. The molecule has 0 saturated carbocycles. The van der Waals surface area contributed by atoms with E-state index in [2.05, 4.69) is 27.1 Å². The third-order valence-corrected chi connectivity index (χ3v) is 5.61. The van der Waals surface area contributed by atoms with Crippen LogP contribution in [0.25, 0.3) is 5.69 Å². The van der Waals surface area contributed by atoms with Crippen LogP contribution in [0.15, 0.2) is 37.1 Å². The van der Waals surface area contributed by atoms with Crippen LogP contribution in [-0.4, -0.2) is 94.5 Å². The van der Waals surface area contributed by atoms with Crippen LogP contribution in [0.5, 0.6) is 5.75 Å². The number of alkyl halides is 6. The van der Waals surface area contributed by atoms with E-state index in [1.54, 1.807) is 6.08 Å². The number of halogens is 6. The normalized spacial score (nSPS) is 13.6. The third kappa shape index (κ3) is 11.8. The second-order valence-corrected chi connectivity index (χ2v) is 8.92. The largest absolute Gasteiger partial charge is 0.491 e. The third-order valence-electron chi connectivity index (χ3n) is 5.61. The molecule has 0 bridgehead atoms. The SMILES string of the molecule is C=CCCCOc1cc(C(=O)NCC(F)(F)F)ccc1-n1cc(C(=O)NCCN2CCCC2)nn1.O=C(O)C(F)(F)F. The van der Waals surface area contributed by atoms with E-state index in [9.17, 15) is 35.9 Å². The first kappa shape index (κ1) is 34.1. The molecule has 0 atom stereocenters. The molecule has 0 radical (unpaired) electrons. The van der Waals surface area contributed by atoms with Crippen molar-refractivity contribution in [2.45, 2.75) is 38.0 Å². The molecule has 0 spiro atoms. The van der Waals surface area contributed by atoms with Gasteiger partial charge in [-0.25, -0.2) is 9.48 Å². The highest BCUT2D eigenvalue weighted by atomic mass is 19.4. The summed E-state index contributed by atoms with van der Waals surface area (Å²) in [6.45, 7) is 5.81. The predicted molar refractivity (Wildman–Crippen MR) is 136 cm³/mol. The molecule has 1 fully saturated rings. The number of hydrogen-bond acceptors (Lipinski definition) is 7. The van der Waals surface area contributed by atoms with E-state index in [1.807, 2.05) is 5.32 Å². The van der Waals surface area contributed by atoms with E-state index in [-0.39, 0.29) is 29.5 Å². The highest BCUT2D eigenvalue weighted by molar-refractivity contribution is 5.95. The molecule has 2 heterocycles. The Morgan fingerprint density at radius 1 is 1.07 bits per heavy atom. The molecule has 0 aliphatic carbocycles. The van der Waals surface area contributed by atoms with Crippen LogP contribution in [0.4, 0.5) is 26.3 Å². The van der Waals surface area contributed by atoms with Gasteiger partial charge in [0.25, 0.3) is 11.8 Å². The molecule has 1 aliphatic heterocycles. The van der Waals surface area contributed by atoms with Crippen LogP contribution in [0, 0.1) is 0 Å². The number of unbranched alkanes of at least 4 members (excludes halogenated alkanes) is 1. The summed E-state index contributed by atoms with van der Waals surface area (Å²) in [5.74, 6) is -3.79. The van der Waals surface area contributed by atoms with Crippen LogP contribution >= 0.6 is 0 Å². The molecule has 0 unspecified atom stereocenters. The second kappa shape index (κ2) is 15.7. The lowest BCUT2D eigenvalue weighted by atomic mass is 10.1. The molecule has 42 heavy (non-hydrogen) atoms. The Kier molecular flexibility index (Phi) is 12.8. The van der Waals surface area contributed by atoms with Crippen LogP contribution in [0.3, 0.4) is 0 Å². The summed E-state index contributed by atoms with van der Waals surface area (Å²) in [5, 5.41) is 19.7. The number of nitrogens with zero attached hydrogens (tertiary/aromatic N) is 4. The first-order valence-electron chi connectivity index (χ1n) is 12.7. The highest BCUT2D eigenvalue weighted by Gasteiger charge is 2.38. The molecule has 3 rings (SSSR count). The zero-order valence-electron chi connectivity index (χ0n) is 22.3. The number of rotatable bonds is 12. The molecule has 2 aromatic rings. The van der Waals surface area contributed by atoms with Gasteiger partial charge in [-0.15, -0.1) is 11.7 Å². The Morgan fingerprint density at radius 3 is 2.33 bits per heavy atom. The van der Waals surface area contributed by atoms with Crippen molar-refractivity contribution in [3.8, 4) is 11.4 Å². The van der Waals surface area contributed by atoms with Gasteiger partial charge in [0.1, 0.15) is 18.0 Å². The number of ether oxygens (including phenoxy) is 1. The van der Waals surface area contributed by atoms with Crippen molar-refractivity contribution in [1.29, 1.82) is 0 Å². The number of hydrogen-bond donors (Lipinski definition) is 3. The maximum atomic E-state index is 12.5. The molecule has 1 aromatic heterocycles. The van der Waals surface area contributed by atoms with Gasteiger partial charge in [0.05, 0.1) is 12.8 Å². The number of aliphatic carboxylic acids is 1. The van der Waals surface area contributed by atoms with Gasteiger partial charge in [-0.1, -0.05) is 11.3 Å². The van der Waals surface area contributed by atoms with E-state index in [4.69, 9.17) is 14.6 Å². The van der Waals surface area contributed by atoms with Crippen molar-refractivity contribution < 1.29 is 50.6 Å². The maximum Gasteiger partial charge on any atom is 0.490 e. The van der Waals surface area contributed by atoms with Crippen LogP contribution in [-0.2, 0) is 4.79 Å². The van der Waals surface area contributed by atoms with Gasteiger partial charge in [-0.05, 0) is 57.0 Å². The summed E-state index contributed by atoms with van der Waals surface area (Å²) in [6, 6.07) is 4.18. The summed E-state index contributed by atoms with van der Waals surface area (Å²) in [5.41, 5.74) is 0.493. The van der Waals surface area contributed by atoms with Gasteiger partial charge in [-0.3, -0.25) is 9.59 Å². The topological polar surface area (TPSA) is 139 Å². The Morgan fingerprint density at radius 2 is 1.74 bits per heavy atom. The lowest BCUT2D eigenvalue weighted by Crippen LogP contribution is -2.33. The first-order chi connectivity index (χ1) is 19.7. The zero-order chi connectivity index (χ0) is 31.3. The molecule has 2 amide bonds. The number of carboxylic acids is 1. The molecule has 1 saturated heterocycles. The van der Waals surface area contributed by atoms with Crippen molar-refractivity contribution in [2.75, 3.05) is 39.3 Å². The monoisotopic (exact) mass is 608 g/mol. The molecular weight excluding hydrogens is 578 g/mol. The van der Waals surface area contributed by atoms with Gasteiger partial charge < -0.3 is 25.4 Å². The number of nitrogens with one attached hydrogen (secondary N) is 2. The average Bonchev–Trinajstić information content (AvgIpc) is 3.62. The number of carbonyl (C=O) groups excluding carboxylic acids is 2. The summed E-state index contributed by atoms with van der Waals surface area (Å²) in [4.78, 5) is 35.8. The van der Waals surface area contributed by atoms with Crippen molar-refractivity contribution in [2.24, 2.45) is 0 Å². The van der Waals surface area contributed by atoms with E-state index in [1.165, 1.54) is 41.9 Å². The molecule has 3 N–H and O–H groups in total. The molecule has 1 aliphatic rings. The van der Waals surface area contributed by atoms with Crippen LogP contribution in [0.1, 0.15) is 46.5 Å². The van der Waals surface area contributed by atoms with Gasteiger partial charge in [0.2, 0.25) is 0 Å². The molecule has 1 aromatic carbocycles. The number of allylic oxidation sites excluding steroid dienone is 1. The Labute approximate surface area is 236 Å². The summed E-state index contributed by atoms with van der Waals surface area (Å²) >= 11 is 0. The number of carbonyl (C=O) groups is 3. The zero-order valence-corrected chi connectivity index (χ0v) is 22.3. The van der Waals surface area contributed by atoms with Crippen molar-refractivity contribution in [3.63, 3.8) is 0 Å². The number of carboxylic acid groups (broad SMARTS) is 1. The Bertz CT molecular complexity index is 1210. The molecule has 11 nitrogen and oxygen atoms in total. The van der Waals surface area contributed by atoms with Gasteiger partial charge in [-0.2, -0.15) is 26.3 Å². The molecule has 232 valence electrons. The Balaban J connectivity index is 0.000000782. The average molecular weight is 609 g/mol. The number of likely N-dealkylation sites (tertiary alicyclic amines) is 1. The van der Waals surface area contributed by atoms with Gasteiger partial charge in [0, 0.05) is 18.7 Å². The number of amides is 2. The quantitative estimate of drug-likeness (QED) is 0.190. The van der Waals surface area contributed by atoms with E-state index in [0.29, 0.717) is 25.1 Å². The van der Waals surface area contributed by atoms with E-state index in [0.717, 1.165) is 19.6 Å². The van der Waals surface area contributed by atoms with E-state index < -0.39 is 30.8 Å². The number of benzene rings is 1. The van der Waals surface area contributed by atoms with Crippen molar-refractivity contribution in [3.05, 3.63) is 48.3 Å². The fraction of sp³-hybridized carbons (Fsp3) is 0.480. The second-order valence-electron chi connectivity index (χ2n) is 8.92. The fourth-order valence-electron chi connectivity index (χ4n) is 3.56. The Hall–Kier alpha value is -4.15. The standard InChI is InChI=1S/C23H29F3N6O3.C2HF3O2/c1-2-3-6-13-35-20-14-17(21(33)28-16-23(24,25)26)7-8-19(20)32-15-18(29-30-32)22(34)27-9-12-31-10-4-5-11-31;3-2(4,5)1(6)7/h2,7-8,14-15H,1,3-6,9-13,16H2,(H,27,34)(H,28,33);(H,6,7). The number of aromatic nitrogens is 3. The van der Waals surface area contributed by atoms with E-state index >= 15 is 0 Å². The maximum absolute atomic E-state index is 12.5. The lowest BCUT2D eigenvalue weighted by Gasteiger charge is -2.14. The highest BCUT2D eigenvalue weighted by Crippen LogP contribution is 2.25. The first-order valence-corrected chi connectivity index (χ1v) is 12.7. The minimum atomic E-state index is -5.08. The minimum absolute atomic E-state index is 0.00304. The smallest absolute Gasteiger partial charge is 0.490 e. The summed E-state index contributed by atoms with van der Waals surface area (Å²) in [7, 11) is 0. The van der Waals surface area contributed by atoms with Gasteiger partial charge in [0.15, 0.2) is 5.69 Å². The minimum Gasteiger partial charge on any atom is -0.491 e.